The topological polar surface area (TPSA) is 95.3 Å². The number of amides is 1. The zero-order valence-electron chi connectivity index (χ0n) is 16.4. The van der Waals surface area contributed by atoms with Crippen molar-refractivity contribution in [1.29, 1.82) is 5.26 Å². The summed E-state index contributed by atoms with van der Waals surface area (Å²) in [5, 5.41) is 12.5. The third-order valence-electron chi connectivity index (χ3n) is 5.25. The molecule has 0 atom stereocenters. The zero-order chi connectivity index (χ0) is 20.4. The molecule has 1 fully saturated rings. The average molecular weight is 390 g/mol. The minimum atomic E-state index is -0.0795. The van der Waals surface area contributed by atoms with Gasteiger partial charge < -0.3 is 19.1 Å². The van der Waals surface area contributed by atoms with E-state index in [1.807, 2.05) is 36.9 Å². The molecule has 1 saturated heterocycles. The fourth-order valence-corrected chi connectivity index (χ4v) is 3.55. The van der Waals surface area contributed by atoms with Gasteiger partial charge in [0, 0.05) is 24.7 Å². The maximum absolute atomic E-state index is 12.7. The predicted octanol–water partition coefficient (Wildman–Crippen LogP) is 4.28. The number of nitrogens with zero attached hydrogens (tertiary/aromatic N) is 3. The van der Waals surface area contributed by atoms with Gasteiger partial charge in [-0.15, -0.1) is 0 Å². The first-order valence-corrected chi connectivity index (χ1v) is 9.63. The number of aromatic nitrogens is 1. The average Bonchev–Trinajstić information content (AvgIpc) is 3.40. The van der Waals surface area contributed by atoms with Gasteiger partial charge in [-0.25, -0.2) is 0 Å². The first kappa shape index (κ1) is 18.8. The van der Waals surface area contributed by atoms with Crippen LogP contribution in [0.15, 0.2) is 45.4 Å². The normalized spacial score (nSPS) is 14.6. The second kappa shape index (κ2) is 7.84. The lowest BCUT2D eigenvalue weighted by Gasteiger charge is -2.31. The number of carbonyl (C=O) groups excluding carboxylic acids is 1. The molecule has 7 heteroatoms. The highest BCUT2D eigenvalue weighted by atomic mass is 16.4. The third-order valence-corrected chi connectivity index (χ3v) is 5.25. The standard InChI is InChI=1S/C22H22N4O3/c1-14-5-6-15(2)17(12-14)24-20(27)16-7-9-26(10-8-16)22-18(13-23)25-21(29-22)19-4-3-11-28-19/h3-6,11-12,16H,7-10H2,1-2H3,(H,24,27). The summed E-state index contributed by atoms with van der Waals surface area (Å²) >= 11 is 0. The van der Waals surface area contributed by atoms with Crippen molar-refractivity contribution in [2.45, 2.75) is 26.7 Å². The van der Waals surface area contributed by atoms with E-state index in [-0.39, 0.29) is 23.4 Å². The lowest BCUT2D eigenvalue weighted by molar-refractivity contribution is -0.120. The summed E-state index contributed by atoms with van der Waals surface area (Å²) in [5.41, 5.74) is 3.26. The van der Waals surface area contributed by atoms with Crippen molar-refractivity contribution in [3.05, 3.63) is 53.4 Å². The molecule has 3 heterocycles. The number of benzene rings is 1. The van der Waals surface area contributed by atoms with Crippen LogP contribution in [0, 0.1) is 31.1 Å². The van der Waals surface area contributed by atoms with E-state index in [9.17, 15) is 10.1 Å². The number of rotatable bonds is 4. The molecule has 1 aromatic carbocycles. The van der Waals surface area contributed by atoms with E-state index < -0.39 is 0 Å². The largest absolute Gasteiger partial charge is 0.459 e. The first-order chi connectivity index (χ1) is 14.0. The molecule has 3 aromatic rings. The molecule has 0 bridgehead atoms. The summed E-state index contributed by atoms with van der Waals surface area (Å²) in [6.45, 7) is 5.23. The van der Waals surface area contributed by atoms with E-state index in [1.165, 1.54) is 6.26 Å². The second-order valence-corrected chi connectivity index (χ2v) is 7.33. The van der Waals surface area contributed by atoms with Gasteiger partial charge in [0.2, 0.25) is 17.5 Å². The Balaban J connectivity index is 1.42. The Morgan fingerprint density at radius 3 is 2.76 bits per heavy atom. The molecule has 2 aromatic heterocycles. The molecular formula is C22H22N4O3. The van der Waals surface area contributed by atoms with Crippen LogP contribution in [0.25, 0.3) is 11.7 Å². The van der Waals surface area contributed by atoms with Crippen LogP contribution in [0.5, 0.6) is 0 Å². The number of aryl methyl sites for hydroxylation is 2. The summed E-state index contributed by atoms with van der Waals surface area (Å²) in [7, 11) is 0. The number of nitrogens with one attached hydrogen (secondary N) is 1. The third kappa shape index (κ3) is 3.87. The van der Waals surface area contributed by atoms with Crippen LogP contribution < -0.4 is 10.2 Å². The van der Waals surface area contributed by atoms with Gasteiger partial charge in [0.25, 0.3) is 5.89 Å². The first-order valence-electron chi connectivity index (χ1n) is 9.63. The van der Waals surface area contributed by atoms with E-state index in [1.54, 1.807) is 12.1 Å². The van der Waals surface area contributed by atoms with Crippen molar-refractivity contribution < 1.29 is 13.6 Å². The predicted molar refractivity (Wildman–Crippen MR) is 108 cm³/mol. The van der Waals surface area contributed by atoms with Crippen LogP contribution in [0.2, 0.25) is 0 Å². The molecule has 4 rings (SSSR count). The number of nitriles is 1. The van der Waals surface area contributed by atoms with Crippen LogP contribution >= 0.6 is 0 Å². The molecule has 0 saturated carbocycles. The Labute approximate surface area is 168 Å². The Morgan fingerprint density at radius 1 is 1.28 bits per heavy atom. The van der Waals surface area contributed by atoms with E-state index in [4.69, 9.17) is 8.83 Å². The molecule has 1 amide bonds. The van der Waals surface area contributed by atoms with E-state index in [2.05, 4.69) is 16.4 Å². The number of piperidine rings is 1. The fourth-order valence-electron chi connectivity index (χ4n) is 3.55. The van der Waals surface area contributed by atoms with Crippen LogP contribution in [-0.2, 0) is 4.79 Å². The minimum absolute atomic E-state index is 0.0349. The Morgan fingerprint density at radius 2 is 2.07 bits per heavy atom. The van der Waals surface area contributed by atoms with Gasteiger partial charge in [-0.3, -0.25) is 4.79 Å². The van der Waals surface area contributed by atoms with Crippen LogP contribution in [-0.4, -0.2) is 24.0 Å². The number of hydrogen-bond donors (Lipinski definition) is 1. The SMILES string of the molecule is Cc1ccc(C)c(NC(=O)C2CCN(c3oc(-c4ccco4)nc3C#N)CC2)c1. The van der Waals surface area contributed by atoms with E-state index in [0.717, 1.165) is 16.8 Å². The minimum Gasteiger partial charge on any atom is -0.459 e. The maximum Gasteiger partial charge on any atom is 0.266 e. The molecule has 1 N–H and O–H groups in total. The highest BCUT2D eigenvalue weighted by Gasteiger charge is 2.29. The van der Waals surface area contributed by atoms with Gasteiger partial charge in [-0.2, -0.15) is 10.2 Å². The summed E-state index contributed by atoms with van der Waals surface area (Å²) in [6.07, 6.45) is 2.89. The highest BCUT2D eigenvalue weighted by Crippen LogP contribution is 2.31. The second-order valence-electron chi connectivity index (χ2n) is 7.33. The molecule has 1 aliphatic rings. The number of furan rings is 1. The summed E-state index contributed by atoms with van der Waals surface area (Å²) in [5.74, 6) is 1.16. The lowest BCUT2D eigenvalue weighted by atomic mass is 9.95. The molecule has 148 valence electrons. The van der Waals surface area contributed by atoms with Crippen LogP contribution in [0.4, 0.5) is 11.6 Å². The van der Waals surface area contributed by atoms with Gasteiger partial charge in [0.15, 0.2) is 5.76 Å². The van der Waals surface area contributed by atoms with Crippen LogP contribution in [0.3, 0.4) is 0 Å². The molecule has 0 unspecified atom stereocenters. The number of oxazole rings is 1. The van der Waals surface area contributed by atoms with Crippen molar-refractivity contribution in [2.24, 2.45) is 5.92 Å². The van der Waals surface area contributed by atoms with Crippen molar-refractivity contribution in [3.63, 3.8) is 0 Å². The number of carbonyl (C=O) groups is 1. The fraction of sp³-hybridized carbons (Fsp3) is 0.318. The van der Waals surface area contributed by atoms with Gasteiger partial charge in [0.05, 0.1) is 6.26 Å². The van der Waals surface area contributed by atoms with Crippen LogP contribution in [0.1, 0.15) is 29.7 Å². The Hall–Kier alpha value is -3.53. The lowest BCUT2D eigenvalue weighted by Crippen LogP contribution is -2.38. The molecule has 7 nitrogen and oxygen atoms in total. The van der Waals surface area contributed by atoms with Crippen molar-refractivity contribution in [2.75, 3.05) is 23.3 Å². The smallest absolute Gasteiger partial charge is 0.266 e. The summed E-state index contributed by atoms with van der Waals surface area (Å²) in [6, 6.07) is 11.6. The molecular weight excluding hydrogens is 368 g/mol. The zero-order valence-corrected chi connectivity index (χ0v) is 16.4. The molecule has 0 aliphatic carbocycles. The van der Waals surface area contributed by atoms with Gasteiger partial charge in [0.1, 0.15) is 6.07 Å². The number of anilines is 2. The molecule has 0 radical (unpaired) electrons. The van der Waals surface area contributed by atoms with Crippen molar-refractivity contribution in [1.82, 2.24) is 4.98 Å². The van der Waals surface area contributed by atoms with Gasteiger partial charge >= 0.3 is 0 Å². The van der Waals surface area contributed by atoms with E-state index >= 15 is 0 Å². The van der Waals surface area contributed by atoms with Crippen molar-refractivity contribution in [3.8, 4) is 17.7 Å². The quantitative estimate of drug-likeness (QED) is 0.714. The molecule has 29 heavy (non-hydrogen) atoms. The number of hydrogen-bond acceptors (Lipinski definition) is 6. The summed E-state index contributed by atoms with van der Waals surface area (Å²) in [4.78, 5) is 18.9. The molecule has 1 aliphatic heterocycles. The maximum atomic E-state index is 12.7. The van der Waals surface area contributed by atoms with Crippen molar-refractivity contribution >= 4 is 17.5 Å². The highest BCUT2D eigenvalue weighted by molar-refractivity contribution is 5.93. The van der Waals surface area contributed by atoms with Gasteiger partial charge in [-0.1, -0.05) is 12.1 Å². The van der Waals surface area contributed by atoms with Gasteiger partial charge in [-0.05, 0) is 56.0 Å². The van der Waals surface area contributed by atoms with E-state index in [0.29, 0.717) is 37.6 Å². The monoisotopic (exact) mass is 390 g/mol. The Kier molecular flexibility index (Phi) is 5.09. The summed E-state index contributed by atoms with van der Waals surface area (Å²) < 4.78 is 11.1. The molecule has 0 spiro atoms. The Bertz CT molecular complexity index is 1050.